The molecule has 0 spiro atoms. The second-order valence-corrected chi connectivity index (χ2v) is 9.79. The van der Waals surface area contributed by atoms with Crippen LogP contribution in [0.5, 0.6) is 0 Å². The lowest BCUT2D eigenvalue weighted by Crippen LogP contribution is -2.39. The summed E-state index contributed by atoms with van der Waals surface area (Å²) in [5.74, 6) is 0.565. The molecule has 1 fully saturated rings. The van der Waals surface area contributed by atoms with Crippen molar-refractivity contribution in [2.24, 2.45) is 0 Å². The van der Waals surface area contributed by atoms with Crippen LogP contribution in [-0.4, -0.2) is 44.5 Å². The molecule has 2 heterocycles. The number of aryl methyl sites for hydroxylation is 1. The van der Waals surface area contributed by atoms with E-state index in [4.69, 9.17) is 0 Å². The lowest BCUT2D eigenvalue weighted by atomic mass is 9.91. The smallest absolute Gasteiger partial charge is 0.152 e. The predicted molar refractivity (Wildman–Crippen MR) is 106 cm³/mol. The molecule has 138 valence electrons. The fourth-order valence-corrected chi connectivity index (χ4v) is 5.26. The zero-order chi connectivity index (χ0) is 18.1. The van der Waals surface area contributed by atoms with Crippen molar-refractivity contribution in [3.8, 4) is 11.1 Å². The third kappa shape index (κ3) is 3.85. The molecule has 0 saturated carbocycles. The van der Waals surface area contributed by atoms with Crippen molar-refractivity contribution >= 4 is 9.84 Å². The molecule has 2 aliphatic heterocycles. The number of benzene rings is 2. The minimum Gasteiger partial charge on any atom is -0.312 e. The largest absolute Gasteiger partial charge is 0.312 e. The summed E-state index contributed by atoms with van der Waals surface area (Å²) in [6, 6.07) is 13.3. The van der Waals surface area contributed by atoms with Crippen LogP contribution >= 0.6 is 0 Å². The highest BCUT2D eigenvalue weighted by Crippen LogP contribution is 2.28. The fourth-order valence-electron chi connectivity index (χ4n) is 3.99. The summed E-state index contributed by atoms with van der Waals surface area (Å²) in [6.07, 6.45) is 1.09. The first-order chi connectivity index (χ1) is 12.5. The quantitative estimate of drug-likeness (QED) is 0.902. The molecule has 0 atom stereocenters. The van der Waals surface area contributed by atoms with Crippen LogP contribution < -0.4 is 5.32 Å². The van der Waals surface area contributed by atoms with Gasteiger partial charge in [0.2, 0.25) is 0 Å². The molecule has 0 bridgehead atoms. The SMILES string of the molecule is Cc1cc(-c2cccc(CN3CCS(=O)(=O)CC3)c2)cc2c1CNCC2. The van der Waals surface area contributed by atoms with Crippen molar-refractivity contribution in [2.75, 3.05) is 31.1 Å². The molecule has 5 heteroatoms. The van der Waals surface area contributed by atoms with Gasteiger partial charge in [-0.1, -0.05) is 30.3 Å². The molecule has 0 unspecified atom stereocenters. The van der Waals surface area contributed by atoms with Gasteiger partial charge in [0.1, 0.15) is 0 Å². The monoisotopic (exact) mass is 370 g/mol. The third-order valence-corrected chi connectivity index (χ3v) is 7.15. The first kappa shape index (κ1) is 17.7. The summed E-state index contributed by atoms with van der Waals surface area (Å²) >= 11 is 0. The van der Waals surface area contributed by atoms with Gasteiger partial charge in [-0.25, -0.2) is 8.42 Å². The van der Waals surface area contributed by atoms with Gasteiger partial charge in [-0.2, -0.15) is 0 Å². The molecule has 0 aromatic heterocycles. The van der Waals surface area contributed by atoms with Gasteiger partial charge < -0.3 is 5.32 Å². The van der Waals surface area contributed by atoms with Gasteiger partial charge in [0.15, 0.2) is 9.84 Å². The lowest BCUT2D eigenvalue weighted by Gasteiger charge is -2.26. The molecule has 1 N–H and O–H groups in total. The molecule has 0 radical (unpaired) electrons. The Hall–Kier alpha value is -1.69. The molecule has 2 aliphatic rings. The standard InChI is InChI=1S/C21H26N2O2S/c1-16-11-20(13-19-5-6-22-14-21(16)19)18-4-2-3-17(12-18)15-23-7-9-26(24,25)10-8-23/h2-4,11-13,22H,5-10,14-15H2,1H3. The van der Waals surface area contributed by atoms with E-state index in [1.807, 2.05) is 0 Å². The van der Waals surface area contributed by atoms with Crippen LogP contribution in [0, 0.1) is 6.92 Å². The van der Waals surface area contributed by atoms with Gasteiger partial charge in [-0.3, -0.25) is 4.90 Å². The third-order valence-electron chi connectivity index (χ3n) is 5.54. The molecule has 2 aromatic carbocycles. The second kappa shape index (κ2) is 7.14. The molecular formula is C21H26N2O2S. The molecule has 4 nitrogen and oxygen atoms in total. The number of fused-ring (bicyclic) bond motifs is 1. The van der Waals surface area contributed by atoms with E-state index in [0.717, 1.165) is 26.1 Å². The van der Waals surface area contributed by atoms with E-state index in [-0.39, 0.29) is 11.5 Å². The van der Waals surface area contributed by atoms with Crippen LogP contribution in [0.15, 0.2) is 36.4 Å². The average Bonchev–Trinajstić information content (AvgIpc) is 2.64. The Kier molecular flexibility index (Phi) is 4.86. The first-order valence-corrected chi connectivity index (χ1v) is 11.2. The molecule has 4 rings (SSSR count). The molecule has 0 amide bonds. The number of sulfone groups is 1. The summed E-state index contributed by atoms with van der Waals surface area (Å²) in [6.45, 7) is 6.31. The van der Waals surface area contributed by atoms with E-state index in [9.17, 15) is 8.42 Å². The Morgan fingerprint density at radius 3 is 2.69 bits per heavy atom. The van der Waals surface area contributed by atoms with Gasteiger partial charge in [-0.05, 0) is 59.3 Å². The Bertz CT molecular complexity index is 908. The first-order valence-electron chi connectivity index (χ1n) is 9.35. The van der Waals surface area contributed by atoms with Crippen LogP contribution in [0.3, 0.4) is 0 Å². The number of hydrogen-bond donors (Lipinski definition) is 1. The maximum absolute atomic E-state index is 11.6. The van der Waals surface area contributed by atoms with Crippen LogP contribution in [0.4, 0.5) is 0 Å². The van der Waals surface area contributed by atoms with Crippen molar-refractivity contribution in [2.45, 2.75) is 26.4 Å². The van der Waals surface area contributed by atoms with Gasteiger partial charge in [0.05, 0.1) is 11.5 Å². The maximum atomic E-state index is 11.6. The predicted octanol–water partition coefficient (Wildman–Crippen LogP) is 2.54. The highest BCUT2D eigenvalue weighted by Gasteiger charge is 2.21. The second-order valence-electron chi connectivity index (χ2n) is 7.49. The van der Waals surface area contributed by atoms with Crippen LogP contribution in [0.25, 0.3) is 11.1 Å². The van der Waals surface area contributed by atoms with Crippen LogP contribution in [-0.2, 0) is 29.3 Å². The summed E-state index contributed by atoms with van der Waals surface area (Å²) in [4.78, 5) is 2.24. The molecule has 1 saturated heterocycles. The van der Waals surface area contributed by atoms with E-state index in [1.165, 1.54) is 33.4 Å². The van der Waals surface area contributed by atoms with E-state index in [0.29, 0.717) is 13.1 Å². The van der Waals surface area contributed by atoms with Crippen LogP contribution in [0.1, 0.15) is 22.3 Å². The summed E-state index contributed by atoms with van der Waals surface area (Å²) in [5, 5.41) is 3.45. The average molecular weight is 371 g/mol. The number of nitrogens with zero attached hydrogens (tertiary/aromatic N) is 1. The van der Waals surface area contributed by atoms with E-state index < -0.39 is 9.84 Å². The lowest BCUT2D eigenvalue weighted by molar-refractivity contribution is 0.288. The van der Waals surface area contributed by atoms with Crippen molar-refractivity contribution in [3.05, 3.63) is 58.7 Å². The highest BCUT2D eigenvalue weighted by molar-refractivity contribution is 7.91. The Balaban J connectivity index is 1.55. The van der Waals surface area contributed by atoms with Crippen LogP contribution in [0.2, 0.25) is 0 Å². The normalized spacial score (nSPS) is 19.9. The molecule has 2 aromatic rings. The highest BCUT2D eigenvalue weighted by atomic mass is 32.2. The molecule has 26 heavy (non-hydrogen) atoms. The van der Waals surface area contributed by atoms with Gasteiger partial charge in [0.25, 0.3) is 0 Å². The summed E-state index contributed by atoms with van der Waals surface area (Å²) in [7, 11) is -2.82. The van der Waals surface area contributed by atoms with Gasteiger partial charge >= 0.3 is 0 Å². The minimum absolute atomic E-state index is 0.282. The van der Waals surface area contributed by atoms with E-state index in [1.54, 1.807) is 0 Å². The van der Waals surface area contributed by atoms with Crippen molar-refractivity contribution in [3.63, 3.8) is 0 Å². The number of nitrogens with one attached hydrogen (secondary N) is 1. The summed E-state index contributed by atoms with van der Waals surface area (Å²) < 4.78 is 23.2. The molecule has 0 aliphatic carbocycles. The van der Waals surface area contributed by atoms with Gasteiger partial charge in [-0.15, -0.1) is 0 Å². The number of rotatable bonds is 3. The minimum atomic E-state index is -2.82. The molecular weight excluding hydrogens is 344 g/mol. The van der Waals surface area contributed by atoms with Crippen molar-refractivity contribution in [1.29, 1.82) is 0 Å². The fraction of sp³-hybridized carbons (Fsp3) is 0.429. The topological polar surface area (TPSA) is 49.4 Å². The van der Waals surface area contributed by atoms with Crippen molar-refractivity contribution < 1.29 is 8.42 Å². The van der Waals surface area contributed by atoms with E-state index in [2.05, 4.69) is 53.5 Å². The number of hydrogen-bond acceptors (Lipinski definition) is 4. The zero-order valence-corrected chi connectivity index (χ0v) is 16.1. The van der Waals surface area contributed by atoms with Crippen molar-refractivity contribution in [1.82, 2.24) is 10.2 Å². The maximum Gasteiger partial charge on any atom is 0.152 e. The Morgan fingerprint density at radius 1 is 1.08 bits per heavy atom. The summed E-state index contributed by atoms with van der Waals surface area (Å²) in [5.41, 5.74) is 8.05. The van der Waals surface area contributed by atoms with Gasteiger partial charge in [0, 0.05) is 26.2 Å². The Labute approximate surface area is 156 Å². The zero-order valence-electron chi connectivity index (χ0n) is 15.3. The van der Waals surface area contributed by atoms with E-state index >= 15 is 0 Å². The Morgan fingerprint density at radius 2 is 1.88 bits per heavy atom.